The minimum absolute atomic E-state index is 0.652. The summed E-state index contributed by atoms with van der Waals surface area (Å²) in [6.45, 7) is 4.87. The molecule has 3 nitrogen and oxygen atoms in total. The van der Waals surface area contributed by atoms with E-state index in [9.17, 15) is 0 Å². The molecule has 0 bridgehead atoms. The zero-order valence-corrected chi connectivity index (χ0v) is 20.4. The Labute approximate surface area is 210 Å². The molecule has 4 aromatic carbocycles. The van der Waals surface area contributed by atoms with Gasteiger partial charge in [0.25, 0.3) is 0 Å². The van der Waals surface area contributed by atoms with E-state index in [1.807, 2.05) is 24.3 Å². The van der Waals surface area contributed by atoms with Gasteiger partial charge in [0.1, 0.15) is 5.75 Å². The van der Waals surface area contributed by atoms with Gasteiger partial charge in [0, 0.05) is 26.1 Å². The van der Waals surface area contributed by atoms with Crippen molar-refractivity contribution >= 4 is 0 Å². The molecule has 35 heavy (non-hydrogen) atoms. The number of rotatable bonds is 14. The molecular formula is C32H35NO2. The van der Waals surface area contributed by atoms with Crippen LogP contribution in [-0.4, -0.2) is 24.7 Å². The summed E-state index contributed by atoms with van der Waals surface area (Å²) in [6.07, 6.45) is 1.86. The van der Waals surface area contributed by atoms with Gasteiger partial charge in [-0.3, -0.25) is 4.90 Å². The maximum Gasteiger partial charge on any atom is 0.119 e. The fourth-order valence-electron chi connectivity index (χ4n) is 4.09. The van der Waals surface area contributed by atoms with Crippen LogP contribution in [0.2, 0.25) is 0 Å². The molecule has 0 amide bonds. The third-order valence-corrected chi connectivity index (χ3v) is 5.93. The highest BCUT2D eigenvalue weighted by molar-refractivity contribution is 5.29. The average molecular weight is 466 g/mol. The highest BCUT2D eigenvalue weighted by Crippen LogP contribution is 2.16. The zero-order chi connectivity index (χ0) is 24.0. The molecule has 0 aliphatic rings. The topological polar surface area (TPSA) is 21.7 Å². The lowest BCUT2D eigenvalue weighted by atomic mass is 10.1. The Kier molecular flexibility index (Phi) is 9.96. The fraction of sp³-hybridized carbons (Fsp3) is 0.250. The van der Waals surface area contributed by atoms with Crippen LogP contribution in [-0.2, 0) is 30.9 Å². The van der Waals surface area contributed by atoms with Gasteiger partial charge in [-0.1, -0.05) is 103 Å². The molecule has 0 heterocycles. The Morgan fingerprint density at radius 2 is 1.11 bits per heavy atom. The maximum atomic E-state index is 6.00. The molecule has 0 unspecified atom stereocenters. The van der Waals surface area contributed by atoms with E-state index in [1.165, 1.54) is 22.3 Å². The van der Waals surface area contributed by atoms with Crippen LogP contribution in [0, 0.1) is 0 Å². The standard InChI is InChI=1S/C32H35NO2/c1-4-12-29(13-5-1)25-33(26-30-14-6-2-7-15-30)21-20-28-18-10-19-32(24-28)35-23-11-22-34-27-31-16-8-3-9-17-31/h1-10,12-19,24H,11,20-23,25-27H2. The van der Waals surface area contributed by atoms with Crippen LogP contribution in [0.3, 0.4) is 0 Å². The molecule has 3 heteroatoms. The summed E-state index contributed by atoms with van der Waals surface area (Å²) in [4.78, 5) is 2.52. The SMILES string of the molecule is c1ccc(COCCCOc2cccc(CCN(Cc3ccccc3)Cc3ccccc3)c2)cc1. The van der Waals surface area contributed by atoms with E-state index < -0.39 is 0 Å². The summed E-state index contributed by atoms with van der Waals surface area (Å²) in [6, 6.07) is 40.2. The second-order valence-electron chi connectivity index (χ2n) is 8.82. The van der Waals surface area contributed by atoms with Gasteiger partial charge in [0.15, 0.2) is 0 Å². The molecule has 4 aromatic rings. The van der Waals surface area contributed by atoms with Crippen molar-refractivity contribution in [1.29, 1.82) is 0 Å². The van der Waals surface area contributed by atoms with Crippen molar-refractivity contribution < 1.29 is 9.47 Å². The molecule has 0 fully saturated rings. The third-order valence-electron chi connectivity index (χ3n) is 5.93. The predicted molar refractivity (Wildman–Crippen MR) is 143 cm³/mol. The number of benzene rings is 4. The molecule has 0 radical (unpaired) electrons. The molecule has 0 aliphatic carbocycles. The molecule has 0 atom stereocenters. The van der Waals surface area contributed by atoms with E-state index in [-0.39, 0.29) is 0 Å². The Morgan fingerprint density at radius 1 is 0.543 bits per heavy atom. The zero-order valence-electron chi connectivity index (χ0n) is 20.4. The van der Waals surface area contributed by atoms with Gasteiger partial charge in [-0.15, -0.1) is 0 Å². The highest BCUT2D eigenvalue weighted by atomic mass is 16.5. The first kappa shape index (κ1) is 24.7. The lowest BCUT2D eigenvalue weighted by molar-refractivity contribution is 0.107. The largest absolute Gasteiger partial charge is 0.493 e. The van der Waals surface area contributed by atoms with E-state index in [1.54, 1.807) is 0 Å². The van der Waals surface area contributed by atoms with Gasteiger partial charge in [-0.05, 0) is 40.8 Å². The molecule has 0 aromatic heterocycles. The van der Waals surface area contributed by atoms with Gasteiger partial charge in [-0.25, -0.2) is 0 Å². The summed E-state index contributed by atoms with van der Waals surface area (Å²) < 4.78 is 11.8. The monoisotopic (exact) mass is 465 g/mol. The van der Waals surface area contributed by atoms with Crippen LogP contribution in [0.5, 0.6) is 5.75 Å². The first-order chi connectivity index (χ1) is 17.3. The molecule has 0 saturated carbocycles. The molecule has 0 N–H and O–H groups in total. The van der Waals surface area contributed by atoms with E-state index >= 15 is 0 Å². The van der Waals surface area contributed by atoms with Crippen molar-refractivity contribution in [3.05, 3.63) is 138 Å². The lowest BCUT2D eigenvalue weighted by Crippen LogP contribution is -2.25. The van der Waals surface area contributed by atoms with E-state index in [4.69, 9.17) is 9.47 Å². The summed E-state index contributed by atoms with van der Waals surface area (Å²) in [5.41, 5.74) is 5.19. The summed E-state index contributed by atoms with van der Waals surface area (Å²) in [5, 5.41) is 0. The minimum Gasteiger partial charge on any atom is -0.493 e. The maximum absolute atomic E-state index is 6.00. The first-order valence-corrected chi connectivity index (χ1v) is 12.5. The highest BCUT2D eigenvalue weighted by Gasteiger charge is 2.08. The number of ether oxygens (including phenoxy) is 2. The summed E-state index contributed by atoms with van der Waals surface area (Å²) >= 11 is 0. The van der Waals surface area contributed by atoms with Gasteiger partial charge < -0.3 is 9.47 Å². The Morgan fingerprint density at radius 3 is 1.74 bits per heavy atom. The van der Waals surface area contributed by atoms with Crippen molar-refractivity contribution in [2.24, 2.45) is 0 Å². The van der Waals surface area contributed by atoms with Gasteiger partial charge >= 0.3 is 0 Å². The van der Waals surface area contributed by atoms with Crippen molar-refractivity contribution in [3.8, 4) is 5.75 Å². The van der Waals surface area contributed by atoms with Crippen LogP contribution in [0.15, 0.2) is 115 Å². The quantitative estimate of drug-likeness (QED) is 0.189. The molecule has 0 aliphatic heterocycles. The second-order valence-corrected chi connectivity index (χ2v) is 8.82. The predicted octanol–water partition coefficient (Wildman–Crippen LogP) is 6.92. The van der Waals surface area contributed by atoms with Crippen LogP contribution >= 0.6 is 0 Å². The van der Waals surface area contributed by atoms with Crippen LogP contribution < -0.4 is 4.74 Å². The van der Waals surface area contributed by atoms with Gasteiger partial charge in [-0.2, -0.15) is 0 Å². The first-order valence-electron chi connectivity index (χ1n) is 12.5. The van der Waals surface area contributed by atoms with E-state index in [0.29, 0.717) is 19.8 Å². The van der Waals surface area contributed by atoms with Gasteiger partial charge in [0.05, 0.1) is 19.8 Å². The second kappa shape index (κ2) is 14.1. The molecule has 4 rings (SSSR count). The van der Waals surface area contributed by atoms with Crippen LogP contribution in [0.1, 0.15) is 28.7 Å². The number of hydrogen-bond acceptors (Lipinski definition) is 3. The summed E-state index contributed by atoms with van der Waals surface area (Å²) in [5.74, 6) is 0.934. The van der Waals surface area contributed by atoms with Crippen LogP contribution in [0.25, 0.3) is 0 Å². The van der Waals surface area contributed by atoms with Crippen molar-refractivity contribution in [2.45, 2.75) is 32.5 Å². The molecule has 0 spiro atoms. The summed E-state index contributed by atoms with van der Waals surface area (Å²) in [7, 11) is 0. The van der Waals surface area contributed by atoms with Crippen molar-refractivity contribution in [2.75, 3.05) is 19.8 Å². The van der Waals surface area contributed by atoms with E-state index in [2.05, 4.69) is 95.9 Å². The average Bonchev–Trinajstić information content (AvgIpc) is 2.91. The molecular weight excluding hydrogens is 430 g/mol. The lowest BCUT2D eigenvalue weighted by Gasteiger charge is -2.23. The van der Waals surface area contributed by atoms with Crippen molar-refractivity contribution in [3.63, 3.8) is 0 Å². The molecule has 180 valence electrons. The minimum atomic E-state index is 0.652. The molecule has 0 saturated heterocycles. The fourth-order valence-corrected chi connectivity index (χ4v) is 4.09. The van der Waals surface area contributed by atoms with Crippen LogP contribution in [0.4, 0.5) is 0 Å². The third kappa shape index (κ3) is 9.05. The Bertz CT molecular complexity index is 1060. The Balaban J connectivity index is 1.24. The smallest absolute Gasteiger partial charge is 0.119 e. The Hall–Kier alpha value is -3.40. The normalized spacial score (nSPS) is 11.0. The number of hydrogen-bond donors (Lipinski definition) is 0. The van der Waals surface area contributed by atoms with Gasteiger partial charge in [0.2, 0.25) is 0 Å². The number of nitrogens with zero attached hydrogens (tertiary/aromatic N) is 1. The van der Waals surface area contributed by atoms with Crippen molar-refractivity contribution in [1.82, 2.24) is 4.90 Å². The van der Waals surface area contributed by atoms with E-state index in [0.717, 1.165) is 38.2 Å².